The largest absolute Gasteiger partial charge is 0.361 e. The normalized spacial score (nSPS) is 21.3. The second kappa shape index (κ2) is 2.91. The van der Waals surface area contributed by atoms with Crippen LogP contribution in [0.3, 0.4) is 0 Å². The maximum atomic E-state index is 3.26. The van der Waals surface area contributed by atoms with Gasteiger partial charge in [0.2, 0.25) is 0 Å². The molecule has 0 unspecified atom stereocenters. The molecule has 0 fully saturated rings. The fourth-order valence-electron chi connectivity index (χ4n) is 1.78. The molecule has 0 saturated heterocycles. The first kappa shape index (κ1) is 8.36. The van der Waals surface area contributed by atoms with E-state index in [-0.39, 0.29) is 0 Å². The maximum absolute atomic E-state index is 3.26. The zero-order valence-corrected chi connectivity index (χ0v) is 8.31. The van der Waals surface area contributed by atoms with Gasteiger partial charge in [0.25, 0.3) is 0 Å². The van der Waals surface area contributed by atoms with E-state index in [0.29, 0.717) is 0 Å². The Morgan fingerprint density at radius 3 is 2.62 bits per heavy atom. The maximum Gasteiger partial charge on any atom is 0.0424 e. The average Bonchev–Trinajstić information content (AvgIpc) is 2.12. The summed E-state index contributed by atoms with van der Waals surface area (Å²) in [5, 5.41) is 3.26. The van der Waals surface area contributed by atoms with Gasteiger partial charge in [-0.25, -0.2) is 0 Å². The molecule has 0 aromatic heterocycles. The summed E-state index contributed by atoms with van der Waals surface area (Å²) in [6.07, 6.45) is 8.42. The fourth-order valence-corrected chi connectivity index (χ4v) is 1.78. The highest BCUT2D eigenvalue weighted by Crippen LogP contribution is 2.31. The van der Waals surface area contributed by atoms with E-state index in [4.69, 9.17) is 0 Å². The van der Waals surface area contributed by atoms with Crippen molar-refractivity contribution in [1.29, 1.82) is 0 Å². The van der Waals surface area contributed by atoms with Crippen molar-refractivity contribution >= 4 is 0 Å². The van der Waals surface area contributed by atoms with Gasteiger partial charge >= 0.3 is 0 Å². The molecule has 0 bridgehead atoms. The van der Waals surface area contributed by atoms with Crippen molar-refractivity contribution in [1.82, 2.24) is 5.32 Å². The molecule has 0 saturated carbocycles. The zero-order valence-electron chi connectivity index (χ0n) is 8.31. The Kier molecular flexibility index (Phi) is 1.87. The Morgan fingerprint density at radius 1 is 1.08 bits per heavy atom. The van der Waals surface area contributed by atoms with Crippen molar-refractivity contribution < 1.29 is 0 Å². The Hall–Kier alpha value is -1.24. The molecule has 1 heterocycles. The fraction of sp³-hybridized carbons (Fsp3) is 0.250. The lowest BCUT2D eigenvalue weighted by Crippen LogP contribution is -2.16. The number of hydrogen-bond acceptors (Lipinski definition) is 1. The van der Waals surface area contributed by atoms with Crippen LogP contribution in [-0.4, -0.2) is 0 Å². The van der Waals surface area contributed by atoms with Crippen molar-refractivity contribution in [2.75, 3.05) is 0 Å². The van der Waals surface area contributed by atoms with Gasteiger partial charge in [-0.3, -0.25) is 0 Å². The molecule has 0 spiro atoms. The van der Waals surface area contributed by atoms with Crippen LogP contribution in [0.5, 0.6) is 0 Å². The van der Waals surface area contributed by atoms with Gasteiger partial charge in [-0.1, -0.05) is 11.6 Å². The van der Waals surface area contributed by atoms with E-state index in [1.807, 2.05) is 6.20 Å². The summed E-state index contributed by atoms with van der Waals surface area (Å²) in [7, 11) is 0. The summed E-state index contributed by atoms with van der Waals surface area (Å²) in [4.78, 5) is 0. The molecular formula is C12H14N. The van der Waals surface area contributed by atoms with Crippen LogP contribution in [0.25, 0.3) is 0 Å². The number of hydrogen-bond donors (Lipinski definition) is 1. The number of rotatable bonds is 0. The molecule has 2 rings (SSSR count). The third-order valence-corrected chi connectivity index (χ3v) is 2.70. The number of nitrogens with one attached hydrogen (secondary N) is 1. The first-order valence-corrected chi connectivity index (χ1v) is 4.57. The van der Waals surface area contributed by atoms with E-state index in [1.165, 1.54) is 28.0 Å². The van der Waals surface area contributed by atoms with E-state index in [2.05, 4.69) is 44.7 Å². The summed E-state index contributed by atoms with van der Waals surface area (Å²) < 4.78 is 0. The van der Waals surface area contributed by atoms with Gasteiger partial charge in [-0.15, -0.1) is 0 Å². The minimum absolute atomic E-state index is 1.23. The summed E-state index contributed by atoms with van der Waals surface area (Å²) in [6.45, 7) is 6.49. The van der Waals surface area contributed by atoms with Gasteiger partial charge in [-0.05, 0) is 38.0 Å². The molecule has 1 nitrogen and oxygen atoms in total. The van der Waals surface area contributed by atoms with Crippen LogP contribution in [-0.2, 0) is 0 Å². The van der Waals surface area contributed by atoms with Crippen LogP contribution in [0.4, 0.5) is 0 Å². The summed E-state index contributed by atoms with van der Waals surface area (Å²) >= 11 is 0. The third-order valence-electron chi connectivity index (χ3n) is 2.70. The van der Waals surface area contributed by atoms with Gasteiger partial charge < -0.3 is 5.32 Å². The minimum Gasteiger partial charge on any atom is -0.361 e. The van der Waals surface area contributed by atoms with E-state index >= 15 is 0 Å². The lowest BCUT2D eigenvalue weighted by atomic mass is 9.88. The first-order chi connectivity index (χ1) is 6.20. The lowest BCUT2D eigenvalue weighted by molar-refractivity contribution is 1.00. The molecule has 67 valence electrons. The van der Waals surface area contributed by atoms with Gasteiger partial charge in [0, 0.05) is 23.9 Å². The second-order valence-corrected chi connectivity index (χ2v) is 3.59. The number of allylic oxidation sites excluding steroid dienone is 5. The number of fused-ring (bicyclic) bond motifs is 1. The molecular weight excluding hydrogens is 158 g/mol. The summed E-state index contributed by atoms with van der Waals surface area (Å²) in [5.74, 6) is 0. The van der Waals surface area contributed by atoms with Crippen molar-refractivity contribution in [3.05, 3.63) is 52.8 Å². The summed E-state index contributed by atoms with van der Waals surface area (Å²) in [6, 6.07) is 0. The first-order valence-electron chi connectivity index (χ1n) is 4.57. The van der Waals surface area contributed by atoms with Crippen LogP contribution >= 0.6 is 0 Å². The summed E-state index contributed by atoms with van der Waals surface area (Å²) in [5.41, 5.74) is 6.67. The van der Waals surface area contributed by atoms with Gasteiger partial charge in [0.15, 0.2) is 0 Å². The highest BCUT2D eigenvalue weighted by atomic mass is 14.9. The molecule has 0 atom stereocenters. The second-order valence-electron chi connectivity index (χ2n) is 3.59. The van der Waals surface area contributed by atoms with E-state index in [1.54, 1.807) is 0 Å². The molecule has 1 N–H and O–H groups in total. The molecule has 0 aromatic rings. The third kappa shape index (κ3) is 1.24. The standard InChI is InChI=1S/C12H14N/c1-8-4-5-11-12(10(8)3)9(2)6-7-13-11/h4-7,13H,1-3H3. The van der Waals surface area contributed by atoms with Crippen LogP contribution in [0.1, 0.15) is 20.8 Å². The highest BCUT2D eigenvalue weighted by molar-refractivity contribution is 5.59. The molecule has 1 heteroatoms. The van der Waals surface area contributed by atoms with Gasteiger partial charge in [0.05, 0.1) is 0 Å². The molecule has 1 aliphatic heterocycles. The topological polar surface area (TPSA) is 12.0 Å². The average molecular weight is 172 g/mol. The zero-order chi connectivity index (χ0) is 9.42. The molecule has 0 aromatic carbocycles. The van der Waals surface area contributed by atoms with E-state index in [9.17, 15) is 0 Å². The highest BCUT2D eigenvalue weighted by Gasteiger charge is 2.17. The molecule has 1 radical (unpaired) electrons. The van der Waals surface area contributed by atoms with Crippen molar-refractivity contribution in [2.24, 2.45) is 0 Å². The quantitative estimate of drug-likeness (QED) is 0.592. The smallest absolute Gasteiger partial charge is 0.0424 e. The Labute approximate surface area is 79.5 Å². The van der Waals surface area contributed by atoms with Crippen LogP contribution in [0.15, 0.2) is 46.3 Å². The van der Waals surface area contributed by atoms with E-state index in [0.717, 1.165) is 0 Å². The van der Waals surface area contributed by atoms with Crippen LogP contribution in [0.2, 0.25) is 0 Å². The number of dihydropyridines is 1. The molecule has 13 heavy (non-hydrogen) atoms. The van der Waals surface area contributed by atoms with Crippen LogP contribution < -0.4 is 5.32 Å². The van der Waals surface area contributed by atoms with E-state index < -0.39 is 0 Å². The monoisotopic (exact) mass is 172 g/mol. The predicted molar refractivity (Wildman–Crippen MR) is 55.7 cm³/mol. The van der Waals surface area contributed by atoms with Crippen molar-refractivity contribution in [2.45, 2.75) is 20.8 Å². The van der Waals surface area contributed by atoms with Crippen LogP contribution in [0, 0.1) is 6.42 Å². The van der Waals surface area contributed by atoms with Gasteiger partial charge in [0.1, 0.15) is 0 Å². The minimum atomic E-state index is 1.23. The Bertz CT molecular complexity index is 365. The predicted octanol–water partition coefficient (Wildman–Crippen LogP) is 2.86. The van der Waals surface area contributed by atoms with Crippen molar-refractivity contribution in [3.63, 3.8) is 0 Å². The Balaban J connectivity index is 2.56. The molecule has 1 aliphatic carbocycles. The van der Waals surface area contributed by atoms with Gasteiger partial charge in [-0.2, -0.15) is 0 Å². The lowest BCUT2D eigenvalue weighted by Gasteiger charge is -2.24. The molecule has 0 amide bonds. The Morgan fingerprint density at radius 2 is 1.85 bits per heavy atom. The SMILES string of the molecule is CC1=C(C)C2=C(C)C=CNC2=C[CH]1. The molecule has 2 aliphatic rings. The van der Waals surface area contributed by atoms with Crippen molar-refractivity contribution in [3.8, 4) is 0 Å².